The molecule has 20 heavy (non-hydrogen) atoms. The number of hydrogen-bond acceptors (Lipinski definition) is 7. The molecular weight excluding hydrogens is 268 g/mol. The van der Waals surface area contributed by atoms with Crippen LogP contribution in [0.1, 0.15) is 16.8 Å². The van der Waals surface area contributed by atoms with Gasteiger partial charge in [0, 0.05) is 24.6 Å². The Labute approximate surface area is 114 Å². The van der Waals surface area contributed by atoms with Gasteiger partial charge in [-0.3, -0.25) is 0 Å². The van der Waals surface area contributed by atoms with Crippen LogP contribution in [0.4, 0.5) is 0 Å². The Morgan fingerprint density at radius 1 is 1.10 bits per heavy atom. The predicted molar refractivity (Wildman–Crippen MR) is 67.5 cm³/mol. The van der Waals surface area contributed by atoms with Crippen molar-refractivity contribution in [3.63, 3.8) is 0 Å². The summed E-state index contributed by atoms with van der Waals surface area (Å²) in [6.07, 6.45) is 1.27. The average molecular weight is 282 g/mol. The maximum atomic E-state index is 11.6. The van der Waals surface area contributed by atoms with Gasteiger partial charge in [0.2, 0.25) is 0 Å². The van der Waals surface area contributed by atoms with E-state index in [9.17, 15) is 19.8 Å². The fourth-order valence-electron chi connectivity index (χ4n) is 1.33. The number of carbonyl (C=O) groups excluding carboxylic acids is 2. The van der Waals surface area contributed by atoms with Gasteiger partial charge in [-0.1, -0.05) is 6.58 Å². The second-order valence-corrected chi connectivity index (χ2v) is 3.72. The molecule has 0 aliphatic heterocycles. The molecule has 0 fully saturated rings. The predicted octanol–water partition coefficient (Wildman–Crippen LogP) is 1.08. The number of esters is 2. The molecule has 0 atom stereocenters. The molecule has 1 rings (SSSR count). The number of phenolic OH excluding ortho intramolecular Hbond substituents is 3. The third-order valence-electron chi connectivity index (χ3n) is 2.22. The SMILES string of the molecule is C=CC(=O)OCCCOC(=O)c1c(O)cc(O)cc1O. The van der Waals surface area contributed by atoms with Crippen molar-refractivity contribution in [2.75, 3.05) is 13.2 Å². The summed E-state index contributed by atoms with van der Waals surface area (Å²) in [5.74, 6) is -3.09. The number of benzene rings is 1. The minimum atomic E-state index is -0.949. The van der Waals surface area contributed by atoms with Crippen LogP contribution in [0.15, 0.2) is 24.8 Å². The third kappa shape index (κ3) is 4.20. The molecule has 0 heterocycles. The van der Waals surface area contributed by atoms with Crippen LogP contribution < -0.4 is 0 Å². The highest BCUT2D eigenvalue weighted by Crippen LogP contribution is 2.32. The molecule has 0 bridgehead atoms. The monoisotopic (exact) mass is 282 g/mol. The molecule has 7 nitrogen and oxygen atoms in total. The number of hydrogen-bond donors (Lipinski definition) is 3. The van der Waals surface area contributed by atoms with Gasteiger partial charge in [-0.25, -0.2) is 9.59 Å². The molecule has 0 aliphatic carbocycles. The number of phenols is 3. The lowest BCUT2D eigenvalue weighted by Crippen LogP contribution is -2.10. The lowest BCUT2D eigenvalue weighted by atomic mass is 10.1. The van der Waals surface area contributed by atoms with Crippen molar-refractivity contribution < 1.29 is 34.4 Å². The summed E-state index contributed by atoms with van der Waals surface area (Å²) in [4.78, 5) is 22.3. The molecule has 1 aromatic carbocycles. The molecule has 7 heteroatoms. The van der Waals surface area contributed by atoms with Gasteiger partial charge in [0.25, 0.3) is 0 Å². The largest absolute Gasteiger partial charge is 0.508 e. The van der Waals surface area contributed by atoms with E-state index in [0.29, 0.717) is 0 Å². The van der Waals surface area contributed by atoms with E-state index < -0.39 is 29.0 Å². The second kappa shape index (κ2) is 7.03. The molecule has 0 spiro atoms. The summed E-state index contributed by atoms with van der Waals surface area (Å²) in [5, 5.41) is 28.0. The van der Waals surface area contributed by atoms with E-state index in [1.54, 1.807) is 0 Å². The van der Waals surface area contributed by atoms with E-state index in [1.165, 1.54) is 0 Å². The van der Waals surface area contributed by atoms with Crippen LogP contribution in [-0.4, -0.2) is 40.5 Å². The van der Waals surface area contributed by atoms with Gasteiger partial charge < -0.3 is 24.8 Å². The van der Waals surface area contributed by atoms with E-state index in [2.05, 4.69) is 11.3 Å². The molecule has 1 aromatic rings. The van der Waals surface area contributed by atoms with Gasteiger partial charge in [-0.15, -0.1) is 0 Å². The van der Waals surface area contributed by atoms with Gasteiger partial charge in [0.15, 0.2) is 0 Å². The molecular formula is C13H14O7. The molecule has 0 aliphatic rings. The van der Waals surface area contributed by atoms with Gasteiger partial charge in [-0.05, 0) is 0 Å². The minimum Gasteiger partial charge on any atom is -0.508 e. The summed E-state index contributed by atoms with van der Waals surface area (Å²) in [5.41, 5.74) is -0.439. The Kier molecular flexibility index (Phi) is 5.40. The first-order valence-electron chi connectivity index (χ1n) is 5.67. The molecule has 0 saturated heterocycles. The van der Waals surface area contributed by atoms with Gasteiger partial charge >= 0.3 is 11.9 Å². The highest BCUT2D eigenvalue weighted by atomic mass is 16.5. The van der Waals surface area contributed by atoms with Crippen molar-refractivity contribution >= 4 is 11.9 Å². The van der Waals surface area contributed by atoms with Crippen LogP contribution in [0, 0.1) is 0 Å². The molecule has 0 saturated carbocycles. The maximum absolute atomic E-state index is 11.6. The number of ether oxygens (including phenoxy) is 2. The van der Waals surface area contributed by atoms with Crippen molar-refractivity contribution in [2.24, 2.45) is 0 Å². The summed E-state index contributed by atoms with van der Waals surface area (Å²) in [6, 6.07) is 1.81. The Morgan fingerprint density at radius 2 is 1.65 bits per heavy atom. The van der Waals surface area contributed by atoms with Gasteiger partial charge in [0.05, 0.1) is 13.2 Å². The average Bonchev–Trinajstić information content (AvgIpc) is 2.36. The zero-order valence-electron chi connectivity index (χ0n) is 10.5. The summed E-state index contributed by atoms with van der Waals surface area (Å²) in [7, 11) is 0. The van der Waals surface area contributed by atoms with Crippen LogP contribution in [0.3, 0.4) is 0 Å². The Morgan fingerprint density at radius 3 is 2.20 bits per heavy atom. The van der Waals surface area contributed by atoms with E-state index >= 15 is 0 Å². The number of rotatable bonds is 6. The van der Waals surface area contributed by atoms with Gasteiger partial charge in [-0.2, -0.15) is 0 Å². The van der Waals surface area contributed by atoms with Crippen LogP contribution in [0.25, 0.3) is 0 Å². The van der Waals surface area contributed by atoms with Crippen LogP contribution in [0.2, 0.25) is 0 Å². The standard InChI is InChI=1S/C13H14O7/c1-2-11(17)19-4-3-5-20-13(18)12-9(15)6-8(14)7-10(12)16/h2,6-7,14-16H,1,3-5H2. The van der Waals surface area contributed by atoms with Gasteiger partial charge in [0.1, 0.15) is 22.8 Å². The molecule has 0 amide bonds. The Bertz CT molecular complexity index is 498. The van der Waals surface area contributed by atoms with E-state index in [0.717, 1.165) is 18.2 Å². The van der Waals surface area contributed by atoms with Crippen molar-refractivity contribution in [3.05, 3.63) is 30.4 Å². The third-order valence-corrected chi connectivity index (χ3v) is 2.22. The zero-order valence-corrected chi connectivity index (χ0v) is 10.5. The zero-order chi connectivity index (χ0) is 15.1. The number of carbonyl (C=O) groups is 2. The summed E-state index contributed by atoms with van der Waals surface area (Å²) >= 11 is 0. The van der Waals surface area contributed by atoms with Crippen molar-refractivity contribution in [1.29, 1.82) is 0 Å². The Balaban J connectivity index is 2.48. The Hall–Kier alpha value is -2.70. The summed E-state index contributed by atoms with van der Waals surface area (Å²) in [6.45, 7) is 3.20. The van der Waals surface area contributed by atoms with Crippen LogP contribution in [0.5, 0.6) is 17.2 Å². The molecule has 0 aromatic heterocycles. The highest BCUT2D eigenvalue weighted by molar-refractivity contribution is 5.95. The highest BCUT2D eigenvalue weighted by Gasteiger charge is 2.19. The lowest BCUT2D eigenvalue weighted by molar-refractivity contribution is -0.137. The first-order chi connectivity index (χ1) is 9.45. The fourth-order valence-corrected chi connectivity index (χ4v) is 1.33. The van der Waals surface area contributed by atoms with E-state index in [-0.39, 0.29) is 25.4 Å². The summed E-state index contributed by atoms with van der Waals surface area (Å²) < 4.78 is 9.45. The second-order valence-electron chi connectivity index (χ2n) is 3.72. The smallest absolute Gasteiger partial charge is 0.345 e. The lowest BCUT2D eigenvalue weighted by Gasteiger charge is -2.08. The van der Waals surface area contributed by atoms with Crippen LogP contribution >= 0.6 is 0 Å². The molecule has 0 radical (unpaired) electrons. The first-order valence-corrected chi connectivity index (χ1v) is 5.67. The maximum Gasteiger partial charge on any atom is 0.345 e. The first kappa shape index (κ1) is 15.4. The van der Waals surface area contributed by atoms with Crippen molar-refractivity contribution in [3.8, 4) is 17.2 Å². The topological polar surface area (TPSA) is 113 Å². The molecule has 0 unspecified atom stereocenters. The fraction of sp³-hybridized carbons (Fsp3) is 0.231. The molecule has 108 valence electrons. The quantitative estimate of drug-likeness (QED) is 0.406. The van der Waals surface area contributed by atoms with Crippen molar-refractivity contribution in [1.82, 2.24) is 0 Å². The van der Waals surface area contributed by atoms with Crippen molar-refractivity contribution in [2.45, 2.75) is 6.42 Å². The van der Waals surface area contributed by atoms with E-state index in [4.69, 9.17) is 9.84 Å². The normalized spacial score (nSPS) is 9.80. The van der Waals surface area contributed by atoms with Crippen LogP contribution in [-0.2, 0) is 14.3 Å². The van der Waals surface area contributed by atoms with E-state index in [1.807, 2.05) is 0 Å². The number of aromatic hydroxyl groups is 3. The molecule has 3 N–H and O–H groups in total. The minimum absolute atomic E-state index is 0.0473.